The third-order valence-corrected chi connectivity index (χ3v) is 3.78. The van der Waals surface area contributed by atoms with Gasteiger partial charge in [-0.2, -0.15) is 0 Å². The molecule has 5 nitrogen and oxygen atoms in total. The number of rotatable bonds is 1. The summed E-state index contributed by atoms with van der Waals surface area (Å²) >= 11 is 0. The SMILES string of the molecule is O=C(c1cnccn1)N1CCO[C@H]2CCCC[C@@H]21. The van der Waals surface area contributed by atoms with Crippen LogP contribution in [0.3, 0.4) is 0 Å². The highest BCUT2D eigenvalue weighted by molar-refractivity contribution is 5.92. The van der Waals surface area contributed by atoms with E-state index in [0.29, 0.717) is 18.8 Å². The first kappa shape index (κ1) is 11.6. The molecule has 1 saturated carbocycles. The quantitative estimate of drug-likeness (QED) is 0.749. The van der Waals surface area contributed by atoms with Gasteiger partial charge >= 0.3 is 0 Å². The molecule has 0 bridgehead atoms. The van der Waals surface area contributed by atoms with Gasteiger partial charge in [0.25, 0.3) is 5.91 Å². The van der Waals surface area contributed by atoms with Gasteiger partial charge in [0.15, 0.2) is 0 Å². The maximum Gasteiger partial charge on any atom is 0.274 e. The molecule has 0 spiro atoms. The molecule has 0 radical (unpaired) electrons. The summed E-state index contributed by atoms with van der Waals surface area (Å²) in [7, 11) is 0. The number of ether oxygens (including phenoxy) is 1. The first-order valence-electron chi connectivity index (χ1n) is 6.55. The number of hydrogen-bond acceptors (Lipinski definition) is 4. The van der Waals surface area contributed by atoms with E-state index in [1.165, 1.54) is 19.0 Å². The minimum Gasteiger partial charge on any atom is -0.374 e. The van der Waals surface area contributed by atoms with Gasteiger partial charge in [-0.15, -0.1) is 0 Å². The Morgan fingerprint density at radius 2 is 2.22 bits per heavy atom. The Kier molecular flexibility index (Phi) is 3.23. The van der Waals surface area contributed by atoms with Crippen molar-refractivity contribution in [2.24, 2.45) is 0 Å². The highest BCUT2D eigenvalue weighted by atomic mass is 16.5. The number of fused-ring (bicyclic) bond motifs is 1. The van der Waals surface area contributed by atoms with Crippen molar-refractivity contribution in [3.05, 3.63) is 24.3 Å². The van der Waals surface area contributed by atoms with Crippen LogP contribution in [0.5, 0.6) is 0 Å². The van der Waals surface area contributed by atoms with Crippen LogP contribution < -0.4 is 0 Å². The molecular formula is C13H17N3O2. The molecule has 1 aromatic rings. The van der Waals surface area contributed by atoms with Gasteiger partial charge in [0.2, 0.25) is 0 Å². The second-order valence-corrected chi connectivity index (χ2v) is 4.85. The van der Waals surface area contributed by atoms with Crippen molar-refractivity contribution in [1.82, 2.24) is 14.9 Å². The van der Waals surface area contributed by atoms with Crippen molar-refractivity contribution in [3.63, 3.8) is 0 Å². The predicted molar refractivity (Wildman–Crippen MR) is 65.1 cm³/mol. The lowest BCUT2D eigenvalue weighted by Crippen LogP contribution is -2.55. The van der Waals surface area contributed by atoms with E-state index in [4.69, 9.17) is 4.74 Å². The molecule has 3 rings (SSSR count). The van der Waals surface area contributed by atoms with Crippen molar-refractivity contribution < 1.29 is 9.53 Å². The van der Waals surface area contributed by atoms with Crippen molar-refractivity contribution in [3.8, 4) is 0 Å². The minimum absolute atomic E-state index is 0.0108. The highest BCUT2D eigenvalue weighted by Gasteiger charge is 2.37. The van der Waals surface area contributed by atoms with Gasteiger partial charge in [-0.1, -0.05) is 12.8 Å². The van der Waals surface area contributed by atoms with Crippen LogP contribution in [0, 0.1) is 0 Å². The molecule has 0 aromatic carbocycles. The second kappa shape index (κ2) is 5.02. The summed E-state index contributed by atoms with van der Waals surface area (Å²) in [6, 6.07) is 0.224. The summed E-state index contributed by atoms with van der Waals surface area (Å²) in [5, 5.41) is 0. The fourth-order valence-electron chi connectivity index (χ4n) is 2.91. The number of hydrogen-bond donors (Lipinski definition) is 0. The van der Waals surface area contributed by atoms with E-state index < -0.39 is 0 Å². The predicted octanol–water partition coefficient (Wildman–Crippen LogP) is 1.26. The van der Waals surface area contributed by atoms with Crippen LogP contribution >= 0.6 is 0 Å². The number of aromatic nitrogens is 2. The summed E-state index contributed by atoms with van der Waals surface area (Å²) in [5.41, 5.74) is 0.434. The van der Waals surface area contributed by atoms with E-state index in [1.807, 2.05) is 4.90 Å². The second-order valence-electron chi connectivity index (χ2n) is 4.85. The molecule has 0 N–H and O–H groups in total. The van der Waals surface area contributed by atoms with Gasteiger partial charge in [0.1, 0.15) is 5.69 Å². The molecule has 2 heterocycles. The monoisotopic (exact) mass is 247 g/mol. The number of nitrogens with zero attached hydrogens (tertiary/aromatic N) is 3. The Morgan fingerprint density at radius 3 is 3.06 bits per heavy atom. The maximum atomic E-state index is 12.4. The van der Waals surface area contributed by atoms with E-state index in [9.17, 15) is 4.79 Å². The van der Waals surface area contributed by atoms with E-state index in [1.54, 1.807) is 12.4 Å². The van der Waals surface area contributed by atoms with Crippen LogP contribution in [0.4, 0.5) is 0 Å². The van der Waals surface area contributed by atoms with Crippen LogP contribution in [0.2, 0.25) is 0 Å². The Balaban J connectivity index is 1.80. The molecule has 1 aromatic heterocycles. The van der Waals surface area contributed by atoms with Gasteiger partial charge in [0.05, 0.1) is 24.9 Å². The number of carbonyl (C=O) groups is 1. The largest absolute Gasteiger partial charge is 0.374 e. The van der Waals surface area contributed by atoms with Crippen LogP contribution in [0.25, 0.3) is 0 Å². The van der Waals surface area contributed by atoms with Gasteiger partial charge in [-0.25, -0.2) is 4.98 Å². The van der Waals surface area contributed by atoms with Crippen LogP contribution in [-0.2, 0) is 4.74 Å². The molecule has 0 unspecified atom stereocenters. The van der Waals surface area contributed by atoms with Crippen molar-refractivity contribution >= 4 is 5.91 Å². The molecular weight excluding hydrogens is 230 g/mol. The molecule has 1 saturated heterocycles. The van der Waals surface area contributed by atoms with Gasteiger partial charge in [-0.05, 0) is 12.8 Å². The summed E-state index contributed by atoms with van der Waals surface area (Å²) < 4.78 is 5.77. The molecule has 1 aliphatic carbocycles. The molecule has 2 fully saturated rings. The van der Waals surface area contributed by atoms with Crippen molar-refractivity contribution in [2.45, 2.75) is 37.8 Å². The van der Waals surface area contributed by atoms with Crippen LogP contribution in [0.1, 0.15) is 36.2 Å². The summed E-state index contributed by atoms with van der Waals surface area (Å²) in [6.07, 6.45) is 9.38. The lowest BCUT2D eigenvalue weighted by Gasteiger charge is -2.43. The van der Waals surface area contributed by atoms with E-state index in [2.05, 4.69) is 9.97 Å². The zero-order valence-electron chi connectivity index (χ0n) is 10.3. The normalized spacial score (nSPS) is 27.7. The van der Waals surface area contributed by atoms with E-state index in [0.717, 1.165) is 12.8 Å². The molecule has 2 aliphatic rings. The summed E-state index contributed by atoms with van der Waals surface area (Å²) in [6.45, 7) is 1.30. The topological polar surface area (TPSA) is 55.3 Å². The molecule has 96 valence electrons. The average Bonchev–Trinajstić information content (AvgIpc) is 2.47. The van der Waals surface area contributed by atoms with Gasteiger partial charge in [-0.3, -0.25) is 9.78 Å². The zero-order valence-corrected chi connectivity index (χ0v) is 10.3. The van der Waals surface area contributed by atoms with E-state index in [-0.39, 0.29) is 18.1 Å². The number of carbonyl (C=O) groups excluding carboxylic acids is 1. The summed E-state index contributed by atoms with van der Waals surface area (Å²) in [5.74, 6) is -0.0108. The molecule has 2 atom stereocenters. The van der Waals surface area contributed by atoms with Crippen molar-refractivity contribution in [2.75, 3.05) is 13.2 Å². The number of morpholine rings is 1. The fraction of sp³-hybridized carbons (Fsp3) is 0.615. The van der Waals surface area contributed by atoms with E-state index >= 15 is 0 Å². The molecule has 1 aliphatic heterocycles. The van der Waals surface area contributed by atoms with Crippen LogP contribution in [-0.4, -0.2) is 46.1 Å². The van der Waals surface area contributed by atoms with Crippen molar-refractivity contribution in [1.29, 1.82) is 0 Å². The first-order chi connectivity index (χ1) is 8.86. The third kappa shape index (κ3) is 2.10. The standard InChI is InChI=1S/C13H17N3O2/c17-13(10-9-14-5-6-15-10)16-7-8-18-12-4-2-1-3-11(12)16/h5-6,9,11-12H,1-4,7-8H2/t11-,12-/m0/s1. The molecule has 5 heteroatoms. The minimum atomic E-state index is -0.0108. The Hall–Kier alpha value is -1.49. The van der Waals surface area contributed by atoms with Crippen LogP contribution in [0.15, 0.2) is 18.6 Å². The zero-order chi connectivity index (χ0) is 12.4. The van der Waals surface area contributed by atoms with Gasteiger partial charge in [0, 0.05) is 18.9 Å². The summed E-state index contributed by atoms with van der Waals surface area (Å²) in [4.78, 5) is 22.4. The van der Waals surface area contributed by atoms with Gasteiger partial charge < -0.3 is 9.64 Å². The Bertz CT molecular complexity index is 422. The molecule has 1 amide bonds. The smallest absolute Gasteiger partial charge is 0.274 e. The first-order valence-corrected chi connectivity index (χ1v) is 6.55. The molecule has 18 heavy (non-hydrogen) atoms. The Labute approximate surface area is 106 Å². The maximum absolute atomic E-state index is 12.4. The Morgan fingerprint density at radius 1 is 1.33 bits per heavy atom. The highest BCUT2D eigenvalue weighted by Crippen LogP contribution is 2.29. The fourth-order valence-corrected chi connectivity index (χ4v) is 2.91. The lowest BCUT2D eigenvalue weighted by atomic mass is 9.90. The third-order valence-electron chi connectivity index (χ3n) is 3.78. The lowest BCUT2D eigenvalue weighted by molar-refractivity contribution is -0.0754. The average molecular weight is 247 g/mol. The number of amides is 1.